The normalized spacial score (nSPS) is 21.7. The maximum atomic E-state index is 9.91. The van der Waals surface area contributed by atoms with Gasteiger partial charge in [-0.25, -0.2) is 0 Å². The van der Waals surface area contributed by atoms with Crippen LogP contribution >= 0.6 is 0 Å². The SMILES string of the molecule is CC(c1c(O)cccc1O)N1CCC(C)(C)CC1. The van der Waals surface area contributed by atoms with Gasteiger partial charge >= 0.3 is 0 Å². The third kappa shape index (κ3) is 2.61. The summed E-state index contributed by atoms with van der Waals surface area (Å²) >= 11 is 0. The summed E-state index contributed by atoms with van der Waals surface area (Å²) in [4.78, 5) is 2.33. The molecular weight excluding hydrogens is 226 g/mol. The summed E-state index contributed by atoms with van der Waals surface area (Å²) in [6.45, 7) is 8.68. The minimum absolute atomic E-state index is 0.0577. The third-order valence-corrected chi connectivity index (χ3v) is 4.18. The fourth-order valence-corrected chi connectivity index (χ4v) is 2.67. The van der Waals surface area contributed by atoms with E-state index in [-0.39, 0.29) is 17.5 Å². The molecule has 1 atom stereocenters. The number of phenolic OH excluding ortho intramolecular Hbond substituents is 2. The van der Waals surface area contributed by atoms with E-state index in [1.807, 2.05) is 6.92 Å². The Hall–Kier alpha value is -1.22. The number of aromatic hydroxyl groups is 2. The second-order valence-electron chi connectivity index (χ2n) is 6.09. The first-order valence-corrected chi connectivity index (χ1v) is 6.66. The molecule has 2 rings (SSSR count). The molecule has 1 heterocycles. The molecule has 1 saturated heterocycles. The van der Waals surface area contributed by atoms with Gasteiger partial charge in [-0.2, -0.15) is 0 Å². The van der Waals surface area contributed by atoms with Gasteiger partial charge in [-0.1, -0.05) is 19.9 Å². The van der Waals surface area contributed by atoms with Crippen molar-refractivity contribution < 1.29 is 10.2 Å². The molecule has 1 aliphatic rings. The van der Waals surface area contributed by atoms with E-state index in [0.717, 1.165) is 25.9 Å². The molecule has 1 fully saturated rings. The quantitative estimate of drug-likeness (QED) is 0.845. The molecule has 100 valence electrons. The number of rotatable bonds is 2. The predicted molar refractivity (Wildman–Crippen MR) is 72.8 cm³/mol. The summed E-state index contributed by atoms with van der Waals surface area (Å²) in [6.07, 6.45) is 2.32. The van der Waals surface area contributed by atoms with Crippen LogP contribution in [0.1, 0.15) is 45.2 Å². The third-order valence-electron chi connectivity index (χ3n) is 4.18. The van der Waals surface area contributed by atoms with Crippen LogP contribution in [0, 0.1) is 5.41 Å². The molecule has 1 aromatic rings. The summed E-state index contributed by atoms with van der Waals surface area (Å²) in [5.41, 5.74) is 1.06. The number of likely N-dealkylation sites (tertiary alicyclic amines) is 1. The van der Waals surface area contributed by atoms with Crippen LogP contribution < -0.4 is 0 Å². The Bertz CT molecular complexity index is 398. The van der Waals surface area contributed by atoms with Crippen molar-refractivity contribution in [3.63, 3.8) is 0 Å². The first-order valence-electron chi connectivity index (χ1n) is 6.66. The zero-order chi connectivity index (χ0) is 13.3. The molecule has 3 nitrogen and oxygen atoms in total. The van der Waals surface area contributed by atoms with Gasteiger partial charge in [0.05, 0.1) is 5.56 Å². The minimum atomic E-state index is 0.0577. The Balaban J connectivity index is 2.15. The minimum Gasteiger partial charge on any atom is -0.507 e. The van der Waals surface area contributed by atoms with E-state index in [9.17, 15) is 10.2 Å². The number of benzene rings is 1. The van der Waals surface area contributed by atoms with Crippen LogP contribution in [0.4, 0.5) is 0 Å². The molecule has 1 unspecified atom stereocenters. The summed E-state index contributed by atoms with van der Waals surface area (Å²) in [6, 6.07) is 5.00. The molecule has 1 aliphatic heterocycles. The molecule has 3 heteroatoms. The number of piperidine rings is 1. The molecule has 0 radical (unpaired) electrons. The first-order chi connectivity index (χ1) is 8.41. The smallest absolute Gasteiger partial charge is 0.124 e. The molecule has 0 aliphatic carbocycles. The highest BCUT2D eigenvalue weighted by Gasteiger charge is 2.29. The Kier molecular flexibility index (Phi) is 3.53. The highest BCUT2D eigenvalue weighted by Crippen LogP contribution is 2.39. The highest BCUT2D eigenvalue weighted by atomic mass is 16.3. The van der Waals surface area contributed by atoms with Gasteiger partial charge in [0.1, 0.15) is 11.5 Å². The summed E-state index contributed by atoms with van der Waals surface area (Å²) in [5, 5.41) is 19.8. The van der Waals surface area contributed by atoms with Crippen LogP contribution in [0.15, 0.2) is 18.2 Å². The Labute approximate surface area is 109 Å². The molecule has 0 spiro atoms. The lowest BCUT2D eigenvalue weighted by molar-refractivity contribution is 0.0984. The van der Waals surface area contributed by atoms with Crippen molar-refractivity contribution in [3.05, 3.63) is 23.8 Å². The molecule has 2 N–H and O–H groups in total. The molecular formula is C15H23NO2. The highest BCUT2D eigenvalue weighted by molar-refractivity contribution is 5.45. The molecule has 1 aromatic carbocycles. The first kappa shape index (κ1) is 13.2. The van der Waals surface area contributed by atoms with Gasteiger partial charge in [-0.05, 0) is 50.4 Å². The number of nitrogens with zero attached hydrogens (tertiary/aromatic N) is 1. The monoisotopic (exact) mass is 249 g/mol. The van der Waals surface area contributed by atoms with E-state index in [2.05, 4.69) is 18.7 Å². The molecule has 0 saturated carbocycles. The topological polar surface area (TPSA) is 43.7 Å². The molecule has 0 bridgehead atoms. The van der Waals surface area contributed by atoms with Crippen molar-refractivity contribution in [1.82, 2.24) is 4.90 Å². The van der Waals surface area contributed by atoms with Gasteiger partial charge in [-0.3, -0.25) is 4.90 Å². The lowest BCUT2D eigenvalue weighted by Crippen LogP contribution is -2.38. The van der Waals surface area contributed by atoms with Gasteiger partial charge in [0.25, 0.3) is 0 Å². The van der Waals surface area contributed by atoms with Crippen molar-refractivity contribution in [3.8, 4) is 11.5 Å². The van der Waals surface area contributed by atoms with Gasteiger partial charge in [-0.15, -0.1) is 0 Å². The average Bonchev–Trinajstić information content (AvgIpc) is 2.28. The van der Waals surface area contributed by atoms with Crippen LogP contribution in [0.2, 0.25) is 0 Å². The maximum Gasteiger partial charge on any atom is 0.124 e. The van der Waals surface area contributed by atoms with Crippen LogP contribution in [-0.4, -0.2) is 28.2 Å². The summed E-state index contributed by atoms with van der Waals surface area (Å²) in [5.74, 6) is 0.375. The van der Waals surface area contributed by atoms with Crippen molar-refractivity contribution in [2.45, 2.75) is 39.7 Å². The molecule has 0 amide bonds. The van der Waals surface area contributed by atoms with E-state index < -0.39 is 0 Å². The predicted octanol–water partition coefficient (Wildman–Crippen LogP) is 3.28. The number of hydrogen-bond donors (Lipinski definition) is 2. The second-order valence-corrected chi connectivity index (χ2v) is 6.09. The van der Waals surface area contributed by atoms with Gasteiger partial charge in [0, 0.05) is 6.04 Å². The van der Waals surface area contributed by atoms with Gasteiger partial charge < -0.3 is 10.2 Å². The second kappa shape index (κ2) is 4.81. The van der Waals surface area contributed by atoms with Crippen molar-refractivity contribution in [2.24, 2.45) is 5.41 Å². The Morgan fingerprint density at radius 1 is 1.11 bits per heavy atom. The van der Waals surface area contributed by atoms with Crippen LogP contribution in [0.3, 0.4) is 0 Å². The van der Waals surface area contributed by atoms with E-state index in [1.54, 1.807) is 18.2 Å². The standard InChI is InChI=1S/C15H23NO2/c1-11(14-12(17)5-4-6-13(14)18)16-9-7-15(2,3)8-10-16/h4-6,11,17-18H,7-10H2,1-3H3. The van der Waals surface area contributed by atoms with Crippen molar-refractivity contribution >= 4 is 0 Å². The number of hydrogen-bond acceptors (Lipinski definition) is 3. The summed E-state index contributed by atoms with van der Waals surface area (Å²) in [7, 11) is 0. The van der Waals surface area contributed by atoms with Crippen LogP contribution in [-0.2, 0) is 0 Å². The zero-order valence-electron chi connectivity index (χ0n) is 11.5. The van der Waals surface area contributed by atoms with E-state index >= 15 is 0 Å². The van der Waals surface area contributed by atoms with E-state index in [4.69, 9.17) is 0 Å². The lowest BCUT2D eigenvalue weighted by atomic mass is 9.82. The maximum absolute atomic E-state index is 9.91. The number of phenols is 2. The van der Waals surface area contributed by atoms with Gasteiger partial charge in [0.15, 0.2) is 0 Å². The van der Waals surface area contributed by atoms with Crippen LogP contribution in [0.25, 0.3) is 0 Å². The fraction of sp³-hybridized carbons (Fsp3) is 0.600. The van der Waals surface area contributed by atoms with Crippen LogP contribution in [0.5, 0.6) is 11.5 Å². The molecule has 18 heavy (non-hydrogen) atoms. The molecule has 0 aromatic heterocycles. The zero-order valence-corrected chi connectivity index (χ0v) is 11.5. The Morgan fingerprint density at radius 2 is 1.61 bits per heavy atom. The lowest BCUT2D eigenvalue weighted by Gasteiger charge is -2.40. The van der Waals surface area contributed by atoms with E-state index in [0.29, 0.717) is 11.0 Å². The largest absolute Gasteiger partial charge is 0.507 e. The van der Waals surface area contributed by atoms with Gasteiger partial charge in [0.2, 0.25) is 0 Å². The average molecular weight is 249 g/mol. The summed E-state index contributed by atoms with van der Waals surface area (Å²) < 4.78 is 0. The Morgan fingerprint density at radius 3 is 2.11 bits per heavy atom. The fourth-order valence-electron chi connectivity index (χ4n) is 2.67. The van der Waals surface area contributed by atoms with E-state index in [1.165, 1.54) is 0 Å². The van der Waals surface area contributed by atoms with Crippen molar-refractivity contribution in [1.29, 1.82) is 0 Å². The van der Waals surface area contributed by atoms with Crippen molar-refractivity contribution in [2.75, 3.05) is 13.1 Å².